The molecule has 0 spiro atoms. The van der Waals surface area contributed by atoms with Crippen molar-refractivity contribution in [3.05, 3.63) is 72.9 Å². The van der Waals surface area contributed by atoms with Gasteiger partial charge in [0, 0.05) is 6.42 Å². The number of aliphatic hydroxyl groups is 5. The van der Waals surface area contributed by atoms with Crippen LogP contribution in [0.2, 0.25) is 0 Å². The van der Waals surface area contributed by atoms with Crippen LogP contribution < -0.4 is 5.32 Å². The van der Waals surface area contributed by atoms with Gasteiger partial charge in [0.05, 0.1) is 25.4 Å². The highest BCUT2D eigenvalue weighted by Gasteiger charge is 2.44. The standard InChI is InChI=1S/C60H107NO8/c1-3-5-7-9-11-13-15-17-18-19-20-21-22-23-24-25-26-27-28-29-30-31-32-33-34-35-36-38-39-41-43-45-47-49-54(63)53(52-68-60-59(67)58(66)57(65)55(51-62)69-60)61-56(64)50-48-46-44-42-40-37-16-14-12-10-8-6-4-2/h6,8,12,14,34-35,37,39-41,47,49,53-55,57-60,62-63,65-67H,3-5,7,9-11,13,15-33,36,38,42-46,48,50-52H2,1-2H3,(H,61,64)/b8-6-,14-12-,35-34+,40-37-,41-39+,49-47+. The fraction of sp³-hybridized carbons (Fsp3) is 0.783. The number of ether oxygens (including phenoxy) is 2. The lowest BCUT2D eigenvalue weighted by Crippen LogP contribution is -2.60. The van der Waals surface area contributed by atoms with Crippen LogP contribution in [0.3, 0.4) is 0 Å². The highest BCUT2D eigenvalue weighted by Crippen LogP contribution is 2.23. The van der Waals surface area contributed by atoms with Gasteiger partial charge in [-0.15, -0.1) is 0 Å². The second-order valence-corrected chi connectivity index (χ2v) is 19.7. The van der Waals surface area contributed by atoms with Crippen molar-refractivity contribution in [1.82, 2.24) is 5.32 Å². The van der Waals surface area contributed by atoms with Crippen LogP contribution in [-0.2, 0) is 14.3 Å². The number of unbranched alkanes of at least 4 members (excludes halogenated alkanes) is 28. The van der Waals surface area contributed by atoms with Crippen molar-refractivity contribution in [2.75, 3.05) is 13.2 Å². The first-order chi connectivity index (χ1) is 33.8. The molecule has 6 N–H and O–H groups in total. The summed E-state index contributed by atoms with van der Waals surface area (Å²) in [5.41, 5.74) is 0. The average Bonchev–Trinajstić information content (AvgIpc) is 3.35. The summed E-state index contributed by atoms with van der Waals surface area (Å²) >= 11 is 0. The summed E-state index contributed by atoms with van der Waals surface area (Å²) in [5, 5.41) is 54.3. The molecular weight excluding hydrogens is 863 g/mol. The number of hydrogen-bond donors (Lipinski definition) is 6. The molecule has 0 radical (unpaired) electrons. The van der Waals surface area contributed by atoms with Crippen LogP contribution in [0, 0.1) is 0 Å². The van der Waals surface area contributed by atoms with Crippen LogP contribution >= 0.6 is 0 Å². The Balaban J connectivity index is 2.19. The SMILES string of the molecule is CC/C=C\C/C=C\C/C=C\CCCCCC(=O)NC(COC1OC(CO)C(O)C(O)C1O)C(O)/C=C/CC/C=C/CC/C=C/CCCCCCCCCCCCCCCCCCCCCCCCC. The number of carbonyl (C=O) groups excluding carboxylic acids is 1. The quantitative estimate of drug-likeness (QED) is 0.0261. The maximum Gasteiger partial charge on any atom is 0.220 e. The summed E-state index contributed by atoms with van der Waals surface area (Å²) in [7, 11) is 0. The Morgan fingerprint density at radius 3 is 1.39 bits per heavy atom. The average molecular weight is 971 g/mol. The molecule has 9 heteroatoms. The molecule has 0 aromatic carbocycles. The van der Waals surface area contributed by atoms with E-state index in [1.807, 2.05) is 6.08 Å². The Labute approximate surface area is 423 Å². The fourth-order valence-electron chi connectivity index (χ4n) is 8.73. The molecular formula is C60H107NO8. The normalized spacial score (nSPS) is 20.0. The summed E-state index contributed by atoms with van der Waals surface area (Å²) in [4.78, 5) is 13.0. The minimum Gasteiger partial charge on any atom is -0.394 e. The molecule has 1 saturated heterocycles. The van der Waals surface area contributed by atoms with E-state index in [1.54, 1.807) is 6.08 Å². The smallest absolute Gasteiger partial charge is 0.220 e. The Bertz CT molecular complexity index is 1310. The summed E-state index contributed by atoms with van der Waals surface area (Å²) in [6.45, 7) is 3.62. The molecule has 0 saturated carbocycles. The van der Waals surface area contributed by atoms with E-state index in [9.17, 15) is 30.3 Å². The van der Waals surface area contributed by atoms with E-state index < -0.39 is 49.5 Å². The van der Waals surface area contributed by atoms with Crippen LogP contribution in [0.4, 0.5) is 0 Å². The van der Waals surface area contributed by atoms with Gasteiger partial charge in [0.25, 0.3) is 0 Å². The first-order valence-electron chi connectivity index (χ1n) is 28.7. The molecule has 0 bridgehead atoms. The third-order valence-corrected chi connectivity index (χ3v) is 13.2. The van der Waals surface area contributed by atoms with Gasteiger partial charge < -0.3 is 40.3 Å². The Hall–Kier alpha value is -2.37. The molecule has 9 nitrogen and oxygen atoms in total. The minimum atomic E-state index is -1.58. The molecule has 1 amide bonds. The summed E-state index contributed by atoms with van der Waals surface area (Å²) in [6.07, 6.45) is 61.5. The van der Waals surface area contributed by atoms with Crippen LogP contribution in [0.15, 0.2) is 72.9 Å². The maximum absolute atomic E-state index is 13.0. The lowest BCUT2D eigenvalue weighted by Gasteiger charge is -2.40. The molecule has 1 rings (SSSR count). The van der Waals surface area contributed by atoms with E-state index in [-0.39, 0.29) is 12.5 Å². The molecule has 7 unspecified atom stereocenters. The van der Waals surface area contributed by atoms with Crippen molar-refractivity contribution >= 4 is 5.91 Å². The maximum atomic E-state index is 13.0. The molecule has 1 heterocycles. The first-order valence-corrected chi connectivity index (χ1v) is 28.7. The van der Waals surface area contributed by atoms with Gasteiger partial charge in [-0.05, 0) is 77.0 Å². The van der Waals surface area contributed by atoms with Crippen LogP contribution in [0.5, 0.6) is 0 Å². The van der Waals surface area contributed by atoms with E-state index in [2.05, 4.69) is 79.9 Å². The summed E-state index contributed by atoms with van der Waals surface area (Å²) in [6, 6.07) is -0.847. The zero-order chi connectivity index (χ0) is 50.1. The summed E-state index contributed by atoms with van der Waals surface area (Å²) in [5.74, 6) is -0.221. The van der Waals surface area contributed by atoms with Crippen molar-refractivity contribution in [2.45, 2.75) is 288 Å². The second-order valence-electron chi connectivity index (χ2n) is 19.7. The van der Waals surface area contributed by atoms with Gasteiger partial charge in [0.15, 0.2) is 6.29 Å². The third-order valence-electron chi connectivity index (χ3n) is 13.2. The van der Waals surface area contributed by atoms with Crippen LogP contribution in [0.1, 0.15) is 245 Å². The van der Waals surface area contributed by atoms with Crippen LogP contribution in [0.25, 0.3) is 0 Å². The van der Waals surface area contributed by atoms with Crippen molar-refractivity contribution in [2.24, 2.45) is 0 Å². The van der Waals surface area contributed by atoms with E-state index in [4.69, 9.17) is 9.47 Å². The number of amides is 1. The van der Waals surface area contributed by atoms with Crippen molar-refractivity contribution in [3.63, 3.8) is 0 Å². The number of allylic oxidation sites excluding steroid dienone is 11. The van der Waals surface area contributed by atoms with Crippen molar-refractivity contribution < 1.29 is 39.8 Å². The Morgan fingerprint density at radius 2 is 0.913 bits per heavy atom. The van der Waals surface area contributed by atoms with Crippen molar-refractivity contribution in [1.29, 1.82) is 0 Å². The first kappa shape index (κ1) is 64.6. The fourth-order valence-corrected chi connectivity index (χ4v) is 8.73. The predicted molar refractivity (Wildman–Crippen MR) is 290 cm³/mol. The summed E-state index contributed by atoms with van der Waals surface area (Å²) < 4.78 is 11.2. The molecule has 0 aromatic rings. The van der Waals surface area contributed by atoms with Crippen LogP contribution in [-0.4, -0.2) is 87.5 Å². The molecule has 0 aromatic heterocycles. The molecule has 1 aliphatic heterocycles. The van der Waals surface area contributed by atoms with Gasteiger partial charge in [-0.1, -0.05) is 234 Å². The van der Waals surface area contributed by atoms with Crippen molar-refractivity contribution in [3.8, 4) is 0 Å². The monoisotopic (exact) mass is 970 g/mol. The number of rotatable bonds is 48. The zero-order valence-corrected chi connectivity index (χ0v) is 44.3. The molecule has 69 heavy (non-hydrogen) atoms. The molecule has 7 atom stereocenters. The third kappa shape index (κ3) is 38.9. The van der Waals surface area contributed by atoms with Gasteiger partial charge in [0.1, 0.15) is 24.4 Å². The second kappa shape index (κ2) is 49.2. The van der Waals surface area contributed by atoms with Gasteiger partial charge in [-0.25, -0.2) is 0 Å². The lowest BCUT2D eigenvalue weighted by atomic mass is 9.99. The van der Waals surface area contributed by atoms with E-state index >= 15 is 0 Å². The molecule has 1 fully saturated rings. The molecule has 1 aliphatic rings. The van der Waals surface area contributed by atoms with Gasteiger partial charge >= 0.3 is 0 Å². The van der Waals surface area contributed by atoms with Gasteiger partial charge in [-0.3, -0.25) is 4.79 Å². The number of carbonyl (C=O) groups is 1. The largest absolute Gasteiger partial charge is 0.394 e. The van der Waals surface area contributed by atoms with E-state index in [1.165, 1.54) is 154 Å². The Kier molecular flexibility index (Phi) is 46.1. The highest BCUT2D eigenvalue weighted by molar-refractivity contribution is 5.76. The van der Waals surface area contributed by atoms with E-state index in [0.29, 0.717) is 12.8 Å². The minimum absolute atomic E-state index is 0.221. The number of hydrogen-bond acceptors (Lipinski definition) is 8. The van der Waals surface area contributed by atoms with E-state index in [0.717, 1.165) is 64.2 Å². The highest BCUT2D eigenvalue weighted by atomic mass is 16.7. The number of nitrogens with one attached hydrogen (secondary N) is 1. The molecule has 0 aliphatic carbocycles. The zero-order valence-electron chi connectivity index (χ0n) is 44.3. The Morgan fingerprint density at radius 1 is 0.507 bits per heavy atom. The predicted octanol–water partition coefficient (Wildman–Crippen LogP) is 14.1. The number of aliphatic hydroxyl groups excluding tert-OH is 5. The topological polar surface area (TPSA) is 149 Å². The van der Waals surface area contributed by atoms with Gasteiger partial charge in [0.2, 0.25) is 5.91 Å². The molecule has 400 valence electrons. The van der Waals surface area contributed by atoms with Gasteiger partial charge in [-0.2, -0.15) is 0 Å². The lowest BCUT2D eigenvalue weighted by molar-refractivity contribution is -0.302.